The minimum atomic E-state index is -4.70. The lowest BCUT2D eigenvalue weighted by Gasteiger charge is -2.14. The van der Waals surface area contributed by atoms with Gasteiger partial charge in [-0.15, -0.1) is 21.5 Å². The number of amides is 1. The maximum Gasteiger partial charge on any atom is 0.433 e. The summed E-state index contributed by atoms with van der Waals surface area (Å²) in [5.41, 5.74) is -1.62. The van der Waals surface area contributed by atoms with Gasteiger partial charge in [-0.3, -0.25) is 14.8 Å². The predicted molar refractivity (Wildman–Crippen MR) is 99.4 cm³/mol. The second kappa shape index (κ2) is 7.98. The molecule has 3 aromatic rings. The van der Waals surface area contributed by atoms with Crippen LogP contribution < -0.4 is 5.32 Å². The molecule has 0 spiro atoms. The second-order valence-corrected chi connectivity index (χ2v) is 8.87. The predicted octanol–water partition coefficient (Wildman–Crippen LogP) is 4.94. The first kappa shape index (κ1) is 19.8. The minimum Gasteiger partial charge on any atom is -0.296 e. The monoisotopic (exact) mass is 433 g/mol. The Labute approximate surface area is 164 Å². The summed E-state index contributed by atoms with van der Waals surface area (Å²) in [7, 11) is 0. The molecule has 3 rings (SSSR count). The van der Waals surface area contributed by atoms with Crippen molar-refractivity contribution in [2.75, 3.05) is 5.32 Å². The van der Waals surface area contributed by atoms with Gasteiger partial charge in [0, 0.05) is 16.7 Å². The average Bonchev–Trinajstić information content (AvgIpc) is 3.32. The van der Waals surface area contributed by atoms with E-state index in [9.17, 15) is 18.0 Å². The molecule has 0 bridgehead atoms. The lowest BCUT2D eigenvalue weighted by molar-refractivity contribution is -0.145. The zero-order valence-electron chi connectivity index (χ0n) is 14.1. The number of hydrogen-bond donors (Lipinski definition) is 1. The lowest BCUT2D eigenvalue weighted by Crippen LogP contribution is -2.22. The fraction of sp³-hybridized carbons (Fsp3) is 0.333. The molecule has 1 amide bonds. The van der Waals surface area contributed by atoms with Crippen molar-refractivity contribution in [1.82, 2.24) is 20.0 Å². The fourth-order valence-electron chi connectivity index (χ4n) is 2.21. The van der Waals surface area contributed by atoms with Crippen molar-refractivity contribution in [3.05, 3.63) is 39.8 Å². The van der Waals surface area contributed by atoms with E-state index in [1.165, 1.54) is 11.8 Å². The molecule has 12 heteroatoms. The number of carbonyl (C=O) groups excluding carboxylic acids is 1. The molecule has 144 valence electrons. The van der Waals surface area contributed by atoms with Crippen LogP contribution in [0.3, 0.4) is 0 Å². The van der Waals surface area contributed by atoms with Gasteiger partial charge in [-0.2, -0.15) is 18.3 Å². The van der Waals surface area contributed by atoms with Crippen molar-refractivity contribution >= 4 is 45.5 Å². The van der Waals surface area contributed by atoms with E-state index in [1.807, 2.05) is 17.5 Å². The van der Waals surface area contributed by atoms with Gasteiger partial charge in [-0.1, -0.05) is 29.2 Å². The van der Waals surface area contributed by atoms with Crippen LogP contribution in [0.25, 0.3) is 0 Å². The summed E-state index contributed by atoms with van der Waals surface area (Å²) in [5, 5.41) is 16.0. The van der Waals surface area contributed by atoms with E-state index < -0.39 is 29.4 Å². The van der Waals surface area contributed by atoms with Crippen LogP contribution in [0.15, 0.2) is 28.0 Å². The third-order valence-corrected chi connectivity index (χ3v) is 6.42. The van der Waals surface area contributed by atoms with Gasteiger partial charge in [0.25, 0.3) is 5.91 Å². The molecule has 0 aliphatic heterocycles. The normalized spacial score (nSPS) is 11.9. The maximum atomic E-state index is 13.4. The summed E-state index contributed by atoms with van der Waals surface area (Å²) < 4.78 is 41.5. The first-order chi connectivity index (χ1) is 12.8. The third kappa shape index (κ3) is 4.68. The highest BCUT2D eigenvalue weighted by atomic mass is 32.2. The van der Waals surface area contributed by atoms with Crippen LogP contribution in [-0.2, 0) is 11.9 Å². The molecule has 6 nitrogen and oxygen atoms in total. The van der Waals surface area contributed by atoms with Crippen molar-refractivity contribution in [2.24, 2.45) is 0 Å². The Kier molecular flexibility index (Phi) is 5.86. The lowest BCUT2D eigenvalue weighted by atomic mass is 10.2. The van der Waals surface area contributed by atoms with Gasteiger partial charge in [0.05, 0.1) is 11.8 Å². The Hall–Kier alpha value is -1.92. The Bertz CT molecular complexity index is 918. The van der Waals surface area contributed by atoms with E-state index in [0.29, 0.717) is 10.1 Å². The van der Waals surface area contributed by atoms with Gasteiger partial charge in [-0.05, 0) is 25.3 Å². The van der Waals surface area contributed by atoms with Crippen molar-refractivity contribution in [3.63, 3.8) is 0 Å². The molecular formula is C15H14F3N5OS3. The highest BCUT2D eigenvalue weighted by Crippen LogP contribution is 2.34. The highest BCUT2D eigenvalue weighted by molar-refractivity contribution is 8.00. The minimum absolute atomic E-state index is 0.138. The number of nitrogens with one attached hydrogen (secondary N) is 1. The van der Waals surface area contributed by atoms with Crippen LogP contribution in [0.4, 0.5) is 18.3 Å². The molecule has 0 fully saturated rings. The van der Waals surface area contributed by atoms with Crippen LogP contribution in [0.5, 0.6) is 0 Å². The number of thioether (sulfide) groups is 1. The van der Waals surface area contributed by atoms with Crippen LogP contribution in [0.2, 0.25) is 0 Å². The molecule has 0 atom stereocenters. The van der Waals surface area contributed by atoms with Gasteiger partial charge < -0.3 is 0 Å². The molecule has 3 heterocycles. The molecule has 27 heavy (non-hydrogen) atoms. The number of alkyl halides is 3. The number of carbonyl (C=O) groups is 1. The summed E-state index contributed by atoms with van der Waals surface area (Å²) in [6, 6.07) is 3.40. The number of anilines is 1. The first-order valence-corrected chi connectivity index (χ1v) is 10.4. The smallest absolute Gasteiger partial charge is 0.296 e. The largest absolute Gasteiger partial charge is 0.433 e. The molecule has 0 aliphatic carbocycles. The number of hydrogen-bond acceptors (Lipinski definition) is 7. The summed E-state index contributed by atoms with van der Waals surface area (Å²) >= 11 is 4.17. The molecule has 3 aromatic heterocycles. The number of halogens is 3. The zero-order valence-corrected chi connectivity index (χ0v) is 16.6. The Morgan fingerprint density at radius 3 is 2.78 bits per heavy atom. The highest BCUT2D eigenvalue weighted by Gasteiger charge is 2.40. The van der Waals surface area contributed by atoms with Gasteiger partial charge in [0.15, 0.2) is 10.0 Å². The van der Waals surface area contributed by atoms with Crippen molar-refractivity contribution < 1.29 is 18.0 Å². The van der Waals surface area contributed by atoms with E-state index in [1.54, 1.807) is 25.2 Å². The summed E-state index contributed by atoms with van der Waals surface area (Å²) in [6.07, 6.45) is -3.78. The van der Waals surface area contributed by atoms with Crippen LogP contribution in [-0.4, -0.2) is 25.9 Å². The molecule has 0 radical (unpaired) electrons. The summed E-state index contributed by atoms with van der Waals surface area (Å²) in [4.78, 5) is 13.5. The van der Waals surface area contributed by atoms with Crippen LogP contribution >= 0.6 is 34.4 Å². The van der Waals surface area contributed by atoms with E-state index in [4.69, 9.17) is 0 Å². The topological polar surface area (TPSA) is 72.7 Å². The molecule has 1 N–H and O–H groups in total. The number of nitrogens with zero attached hydrogens (tertiary/aromatic N) is 4. The third-order valence-electron chi connectivity index (χ3n) is 3.34. The van der Waals surface area contributed by atoms with E-state index >= 15 is 0 Å². The first-order valence-electron chi connectivity index (χ1n) is 7.70. The molecule has 0 saturated heterocycles. The number of aromatic nitrogens is 4. The Morgan fingerprint density at radius 1 is 1.37 bits per heavy atom. The molecule has 0 aliphatic rings. The van der Waals surface area contributed by atoms with Crippen molar-refractivity contribution in [2.45, 2.75) is 36.2 Å². The summed E-state index contributed by atoms with van der Waals surface area (Å²) in [6.45, 7) is 3.12. The Balaban J connectivity index is 1.73. The van der Waals surface area contributed by atoms with Gasteiger partial charge in [0.1, 0.15) is 0 Å². The molecular weight excluding hydrogens is 419 g/mol. The number of rotatable bonds is 6. The SMILES string of the molecule is CC(C)n1ncc(C(=O)Nc2nnc(SCc3cccs3)s2)c1C(F)(F)F. The molecule has 0 aromatic carbocycles. The van der Waals surface area contributed by atoms with E-state index in [-0.39, 0.29) is 5.13 Å². The van der Waals surface area contributed by atoms with Gasteiger partial charge >= 0.3 is 6.18 Å². The van der Waals surface area contributed by atoms with Gasteiger partial charge in [-0.25, -0.2) is 0 Å². The van der Waals surface area contributed by atoms with Crippen LogP contribution in [0, 0.1) is 0 Å². The standard InChI is InChI=1S/C15H14F3N5OS3/c1-8(2)23-11(15(16,17)18)10(6-19-23)12(24)20-13-21-22-14(27-13)26-7-9-4-3-5-25-9/h3-6,8H,7H2,1-2H3,(H,20,21,24). The number of thiophene rings is 1. The van der Waals surface area contributed by atoms with Crippen LogP contribution in [0.1, 0.15) is 40.8 Å². The zero-order chi connectivity index (χ0) is 19.6. The quantitative estimate of drug-likeness (QED) is 0.440. The van der Waals surface area contributed by atoms with Crippen molar-refractivity contribution in [3.8, 4) is 0 Å². The van der Waals surface area contributed by atoms with Gasteiger partial charge in [0.2, 0.25) is 5.13 Å². The van der Waals surface area contributed by atoms with Crippen molar-refractivity contribution in [1.29, 1.82) is 0 Å². The average molecular weight is 434 g/mol. The molecule has 0 saturated carbocycles. The van der Waals surface area contributed by atoms with E-state index in [0.717, 1.165) is 27.1 Å². The van der Waals surface area contributed by atoms with E-state index in [2.05, 4.69) is 20.6 Å². The molecule has 0 unspecified atom stereocenters. The summed E-state index contributed by atoms with van der Waals surface area (Å²) in [5.74, 6) is -0.209. The maximum absolute atomic E-state index is 13.4. The fourth-order valence-corrected chi connectivity index (χ4v) is 4.73. The Morgan fingerprint density at radius 2 is 2.15 bits per heavy atom. The second-order valence-electron chi connectivity index (χ2n) is 5.64.